The van der Waals surface area contributed by atoms with Crippen molar-refractivity contribution in [2.24, 2.45) is 7.05 Å². The molecule has 0 radical (unpaired) electrons. The van der Waals surface area contributed by atoms with Gasteiger partial charge in [0, 0.05) is 25.0 Å². The molecule has 0 spiro atoms. The maximum atomic E-state index is 4.21. The highest BCUT2D eigenvalue weighted by Crippen LogP contribution is 2.19. The lowest BCUT2D eigenvalue weighted by Crippen LogP contribution is -2.20. The van der Waals surface area contributed by atoms with Crippen LogP contribution < -0.4 is 5.32 Å². The Labute approximate surface area is 122 Å². The molecule has 1 atom stereocenters. The second-order valence-electron chi connectivity index (χ2n) is 5.21. The third-order valence-corrected chi connectivity index (χ3v) is 3.75. The minimum atomic E-state index is 0.479. The van der Waals surface area contributed by atoms with Gasteiger partial charge in [-0.05, 0) is 37.4 Å². The van der Waals surface area contributed by atoms with Gasteiger partial charge in [0.2, 0.25) is 0 Å². The van der Waals surface area contributed by atoms with E-state index in [0.29, 0.717) is 6.04 Å². The molecule has 1 aromatic heterocycles. The highest BCUT2D eigenvalue weighted by molar-refractivity contribution is 5.18. The second-order valence-corrected chi connectivity index (χ2v) is 5.21. The van der Waals surface area contributed by atoms with Gasteiger partial charge in [0.1, 0.15) is 0 Å². The van der Waals surface area contributed by atoms with Gasteiger partial charge >= 0.3 is 0 Å². The van der Waals surface area contributed by atoms with Crippen LogP contribution in [0.4, 0.5) is 0 Å². The molecule has 2 rings (SSSR count). The molecule has 1 N–H and O–H groups in total. The molecule has 0 amide bonds. The summed E-state index contributed by atoms with van der Waals surface area (Å²) in [5, 5.41) is 7.80. The van der Waals surface area contributed by atoms with Gasteiger partial charge in [0.05, 0.1) is 0 Å². The highest BCUT2D eigenvalue weighted by Gasteiger charge is 2.09. The molecule has 0 aliphatic carbocycles. The van der Waals surface area contributed by atoms with Gasteiger partial charge in [-0.25, -0.2) is 0 Å². The van der Waals surface area contributed by atoms with Crippen molar-refractivity contribution < 1.29 is 0 Å². The van der Waals surface area contributed by atoms with E-state index in [9.17, 15) is 0 Å². The van der Waals surface area contributed by atoms with E-state index in [0.717, 1.165) is 13.0 Å². The maximum absolute atomic E-state index is 4.21. The summed E-state index contributed by atoms with van der Waals surface area (Å²) in [6, 6.07) is 13.3. The molecule has 0 bridgehead atoms. The number of unbranched alkanes of at least 4 members (excludes halogenated alkanes) is 1. The Balaban J connectivity index is 1.79. The van der Waals surface area contributed by atoms with Gasteiger partial charge in [-0.2, -0.15) is 5.10 Å². The zero-order valence-electron chi connectivity index (χ0n) is 12.5. The Morgan fingerprint density at radius 3 is 2.60 bits per heavy atom. The van der Waals surface area contributed by atoms with E-state index in [-0.39, 0.29) is 0 Å². The van der Waals surface area contributed by atoms with E-state index >= 15 is 0 Å². The van der Waals surface area contributed by atoms with Crippen LogP contribution in [0, 0.1) is 0 Å². The van der Waals surface area contributed by atoms with Crippen LogP contribution in [-0.2, 0) is 13.5 Å². The van der Waals surface area contributed by atoms with E-state index < -0.39 is 0 Å². The Morgan fingerprint density at radius 1 is 1.15 bits per heavy atom. The summed E-state index contributed by atoms with van der Waals surface area (Å²) in [4.78, 5) is 0. The molecule has 108 valence electrons. The number of nitrogens with one attached hydrogen (secondary N) is 1. The van der Waals surface area contributed by atoms with Gasteiger partial charge in [-0.1, -0.05) is 43.7 Å². The molecule has 3 nitrogen and oxygen atoms in total. The summed E-state index contributed by atoms with van der Waals surface area (Å²) in [7, 11) is 2.01. The number of hydrogen-bond acceptors (Lipinski definition) is 2. The molecule has 0 aliphatic rings. The summed E-state index contributed by atoms with van der Waals surface area (Å²) >= 11 is 0. The van der Waals surface area contributed by atoms with Crippen LogP contribution in [0.25, 0.3) is 0 Å². The lowest BCUT2D eigenvalue weighted by Gasteiger charge is -2.18. The number of benzene rings is 1. The lowest BCUT2D eigenvalue weighted by atomic mass is 10.00. The fourth-order valence-corrected chi connectivity index (χ4v) is 2.62. The van der Waals surface area contributed by atoms with Crippen molar-refractivity contribution in [3.63, 3.8) is 0 Å². The number of rotatable bonds is 8. The van der Waals surface area contributed by atoms with Crippen molar-refractivity contribution in [2.45, 2.75) is 38.6 Å². The van der Waals surface area contributed by atoms with E-state index in [1.165, 1.54) is 30.5 Å². The van der Waals surface area contributed by atoms with Crippen molar-refractivity contribution in [1.82, 2.24) is 15.1 Å². The molecule has 0 fully saturated rings. The summed E-state index contributed by atoms with van der Waals surface area (Å²) in [6.07, 6.45) is 6.63. The first-order chi connectivity index (χ1) is 9.81. The molecule has 0 aliphatic heterocycles. The van der Waals surface area contributed by atoms with Gasteiger partial charge in [-0.3, -0.25) is 4.68 Å². The number of aryl methyl sites for hydroxylation is 2. The molecule has 20 heavy (non-hydrogen) atoms. The molecule has 3 heteroatoms. The third kappa shape index (κ3) is 4.20. The Kier molecular flexibility index (Phi) is 5.81. The first-order valence-corrected chi connectivity index (χ1v) is 7.56. The van der Waals surface area contributed by atoms with Crippen LogP contribution in [0.15, 0.2) is 42.6 Å². The molecule has 1 heterocycles. The van der Waals surface area contributed by atoms with E-state index in [2.05, 4.69) is 53.7 Å². The largest absolute Gasteiger partial charge is 0.310 e. The summed E-state index contributed by atoms with van der Waals surface area (Å²) in [5.41, 5.74) is 2.72. The van der Waals surface area contributed by atoms with E-state index in [4.69, 9.17) is 0 Å². The smallest absolute Gasteiger partial charge is 0.0492 e. The monoisotopic (exact) mass is 271 g/mol. The average molecular weight is 271 g/mol. The van der Waals surface area contributed by atoms with Crippen LogP contribution >= 0.6 is 0 Å². The minimum Gasteiger partial charge on any atom is -0.310 e. The van der Waals surface area contributed by atoms with E-state index in [1.807, 2.05) is 17.9 Å². The molecule has 0 saturated heterocycles. The molecule has 2 aromatic rings. The number of nitrogens with zero attached hydrogens (tertiary/aromatic N) is 2. The SMILES string of the molecule is CCNC(CCCCc1ccnn1C)c1ccccc1. The number of aromatic nitrogens is 2. The summed E-state index contributed by atoms with van der Waals surface area (Å²) in [5.74, 6) is 0. The van der Waals surface area contributed by atoms with Crippen LogP contribution in [0.2, 0.25) is 0 Å². The highest BCUT2D eigenvalue weighted by atomic mass is 15.2. The maximum Gasteiger partial charge on any atom is 0.0492 e. The van der Waals surface area contributed by atoms with Gasteiger partial charge in [-0.15, -0.1) is 0 Å². The minimum absolute atomic E-state index is 0.479. The van der Waals surface area contributed by atoms with Gasteiger partial charge in [0.25, 0.3) is 0 Å². The zero-order valence-corrected chi connectivity index (χ0v) is 12.5. The molecule has 0 saturated carbocycles. The van der Waals surface area contributed by atoms with Crippen molar-refractivity contribution >= 4 is 0 Å². The van der Waals surface area contributed by atoms with Crippen molar-refractivity contribution in [3.8, 4) is 0 Å². The first kappa shape index (κ1) is 14.8. The molecular weight excluding hydrogens is 246 g/mol. The fraction of sp³-hybridized carbons (Fsp3) is 0.471. The predicted molar refractivity (Wildman–Crippen MR) is 83.6 cm³/mol. The van der Waals surface area contributed by atoms with Crippen LogP contribution in [0.1, 0.15) is 43.5 Å². The quantitative estimate of drug-likeness (QED) is 0.745. The fourth-order valence-electron chi connectivity index (χ4n) is 2.62. The standard InChI is InChI=1S/C17H25N3/c1-3-18-17(15-9-5-4-6-10-15)12-8-7-11-16-13-14-19-20(16)2/h4-6,9-10,13-14,17-18H,3,7-8,11-12H2,1-2H3. The van der Waals surface area contributed by atoms with Crippen molar-refractivity contribution in [3.05, 3.63) is 53.9 Å². The normalized spacial score (nSPS) is 12.5. The lowest BCUT2D eigenvalue weighted by molar-refractivity contribution is 0.486. The van der Waals surface area contributed by atoms with Crippen LogP contribution in [-0.4, -0.2) is 16.3 Å². The molecule has 1 unspecified atom stereocenters. The van der Waals surface area contributed by atoms with Crippen molar-refractivity contribution in [2.75, 3.05) is 6.54 Å². The average Bonchev–Trinajstić information content (AvgIpc) is 2.89. The summed E-state index contributed by atoms with van der Waals surface area (Å²) in [6.45, 7) is 3.19. The van der Waals surface area contributed by atoms with Gasteiger partial charge < -0.3 is 5.32 Å². The van der Waals surface area contributed by atoms with Gasteiger partial charge in [0.15, 0.2) is 0 Å². The van der Waals surface area contributed by atoms with Crippen LogP contribution in [0.3, 0.4) is 0 Å². The Bertz CT molecular complexity index is 490. The third-order valence-electron chi connectivity index (χ3n) is 3.75. The summed E-state index contributed by atoms with van der Waals surface area (Å²) < 4.78 is 1.97. The topological polar surface area (TPSA) is 29.9 Å². The number of hydrogen-bond donors (Lipinski definition) is 1. The van der Waals surface area contributed by atoms with Crippen molar-refractivity contribution in [1.29, 1.82) is 0 Å². The Hall–Kier alpha value is -1.61. The van der Waals surface area contributed by atoms with E-state index in [1.54, 1.807) is 0 Å². The molecule has 1 aromatic carbocycles. The molecular formula is C17H25N3. The van der Waals surface area contributed by atoms with Crippen LogP contribution in [0.5, 0.6) is 0 Å². The zero-order chi connectivity index (χ0) is 14.2. The Morgan fingerprint density at radius 2 is 1.95 bits per heavy atom. The predicted octanol–water partition coefficient (Wildman–Crippen LogP) is 3.48. The first-order valence-electron chi connectivity index (χ1n) is 7.56. The second kappa shape index (κ2) is 7.85.